The number of likely N-dealkylation sites (tertiary alicyclic amines) is 1. The number of hydrogen-bond acceptors (Lipinski definition) is 5. The van der Waals surface area contributed by atoms with Crippen molar-refractivity contribution < 1.29 is 24.2 Å². The van der Waals surface area contributed by atoms with E-state index < -0.39 is 0 Å². The third-order valence-corrected chi connectivity index (χ3v) is 4.94. The minimum absolute atomic E-state index is 0.0207. The average Bonchev–Trinajstić information content (AvgIpc) is 2.70. The second-order valence-corrected chi connectivity index (χ2v) is 7.28. The van der Waals surface area contributed by atoms with Crippen molar-refractivity contribution in [3.8, 4) is 5.75 Å². The van der Waals surface area contributed by atoms with Crippen molar-refractivity contribution in [3.63, 3.8) is 0 Å². The monoisotopic (exact) mass is 392 g/mol. The second-order valence-electron chi connectivity index (χ2n) is 7.28. The summed E-state index contributed by atoms with van der Waals surface area (Å²) in [5, 5.41) is 9.16. The molecule has 156 valence electrons. The molecule has 2 amide bonds. The molecule has 0 spiro atoms. The molecule has 1 saturated heterocycles. The van der Waals surface area contributed by atoms with Gasteiger partial charge in [0.1, 0.15) is 11.9 Å². The third-order valence-electron chi connectivity index (χ3n) is 4.94. The van der Waals surface area contributed by atoms with Crippen LogP contribution in [0.1, 0.15) is 43.5 Å². The summed E-state index contributed by atoms with van der Waals surface area (Å²) in [6, 6.07) is 7.15. The Hall–Kier alpha value is -2.12. The van der Waals surface area contributed by atoms with E-state index in [1.165, 1.54) is 0 Å². The molecule has 28 heavy (non-hydrogen) atoms. The van der Waals surface area contributed by atoms with Gasteiger partial charge in [0.15, 0.2) is 0 Å². The number of hydrogen-bond donors (Lipinski definition) is 1. The van der Waals surface area contributed by atoms with Crippen LogP contribution in [0.25, 0.3) is 0 Å². The summed E-state index contributed by atoms with van der Waals surface area (Å²) in [5.41, 5.74) is 0.577. The van der Waals surface area contributed by atoms with Gasteiger partial charge in [0.25, 0.3) is 5.91 Å². The van der Waals surface area contributed by atoms with E-state index >= 15 is 0 Å². The van der Waals surface area contributed by atoms with Crippen molar-refractivity contribution >= 4 is 11.8 Å². The predicted octanol–water partition coefficient (Wildman–Crippen LogP) is 1.94. The lowest BCUT2D eigenvalue weighted by molar-refractivity contribution is -0.133. The smallest absolute Gasteiger partial charge is 0.254 e. The van der Waals surface area contributed by atoms with Crippen molar-refractivity contribution in [1.29, 1.82) is 0 Å². The molecule has 0 unspecified atom stereocenters. The number of carbonyl (C=O) groups excluding carboxylic acids is 2. The van der Waals surface area contributed by atoms with E-state index in [1.807, 2.05) is 18.7 Å². The van der Waals surface area contributed by atoms with E-state index in [4.69, 9.17) is 14.6 Å². The Morgan fingerprint density at radius 1 is 1.21 bits per heavy atom. The van der Waals surface area contributed by atoms with Gasteiger partial charge in [-0.05, 0) is 38.1 Å². The zero-order valence-electron chi connectivity index (χ0n) is 17.1. The summed E-state index contributed by atoms with van der Waals surface area (Å²) in [6.45, 7) is 5.94. The van der Waals surface area contributed by atoms with Gasteiger partial charge in [0.2, 0.25) is 5.91 Å². The molecule has 1 fully saturated rings. The van der Waals surface area contributed by atoms with Crippen molar-refractivity contribution in [3.05, 3.63) is 29.8 Å². The summed E-state index contributed by atoms with van der Waals surface area (Å²) < 4.78 is 11.0. The molecule has 0 aromatic heterocycles. The molecule has 1 heterocycles. The molecule has 0 aliphatic carbocycles. The molecule has 0 bridgehead atoms. The molecule has 0 saturated carbocycles. The maximum Gasteiger partial charge on any atom is 0.254 e. The Labute approximate surface area is 167 Å². The van der Waals surface area contributed by atoms with Crippen LogP contribution in [0.3, 0.4) is 0 Å². The van der Waals surface area contributed by atoms with Crippen LogP contribution >= 0.6 is 0 Å². The molecule has 1 aliphatic heterocycles. The topological polar surface area (TPSA) is 79.3 Å². The highest BCUT2D eigenvalue weighted by Crippen LogP contribution is 2.21. The molecular weight excluding hydrogens is 360 g/mol. The van der Waals surface area contributed by atoms with Gasteiger partial charge in [-0.3, -0.25) is 9.59 Å². The van der Waals surface area contributed by atoms with E-state index in [2.05, 4.69) is 0 Å². The number of benzene rings is 1. The molecule has 1 aromatic carbocycles. The molecule has 0 atom stereocenters. The number of piperidine rings is 1. The summed E-state index contributed by atoms with van der Waals surface area (Å²) in [5.74, 6) is 0.748. The fourth-order valence-corrected chi connectivity index (χ4v) is 3.31. The zero-order valence-corrected chi connectivity index (χ0v) is 17.1. The molecule has 2 rings (SSSR count). The van der Waals surface area contributed by atoms with Gasteiger partial charge >= 0.3 is 0 Å². The Kier molecular flexibility index (Phi) is 8.73. The van der Waals surface area contributed by atoms with Gasteiger partial charge < -0.3 is 24.4 Å². The van der Waals surface area contributed by atoms with Crippen molar-refractivity contribution in [2.24, 2.45) is 0 Å². The van der Waals surface area contributed by atoms with Crippen molar-refractivity contribution in [2.75, 3.05) is 40.0 Å². The van der Waals surface area contributed by atoms with Crippen LogP contribution in [-0.4, -0.2) is 78.8 Å². The number of rotatable bonds is 9. The highest BCUT2D eigenvalue weighted by molar-refractivity contribution is 5.94. The first-order valence-corrected chi connectivity index (χ1v) is 9.91. The summed E-state index contributed by atoms with van der Waals surface area (Å²) in [7, 11) is 1.60. The Morgan fingerprint density at radius 2 is 1.86 bits per heavy atom. The molecular formula is C21H32N2O5. The summed E-state index contributed by atoms with van der Waals surface area (Å²) >= 11 is 0. The van der Waals surface area contributed by atoms with Crippen LogP contribution in [0.5, 0.6) is 5.75 Å². The molecule has 1 aliphatic rings. The number of amides is 2. The Morgan fingerprint density at radius 3 is 2.39 bits per heavy atom. The predicted molar refractivity (Wildman–Crippen MR) is 106 cm³/mol. The fourth-order valence-electron chi connectivity index (χ4n) is 3.31. The van der Waals surface area contributed by atoms with Crippen LogP contribution in [0.15, 0.2) is 24.3 Å². The summed E-state index contributed by atoms with van der Waals surface area (Å²) in [4.78, 5) is 28.1. The van der Waals surface area contributed by atoms with Gasteiger partial charge in [-0.2, -0.15) is 0 Å². The van der Waals surface area contributed by atoms with Crippen LogP contribution in [-0.2, 0) is 9.53 Å². The first kappa shape index (κ1) is 22.2. The van der Waals surface area contributed by atoms with E-state index in [0.29, 0.717) is 38.2 Å². The second kappa shape index (κ2) is 11.0. The minimum Gasteiger partial charge on any atom is -0.490 e. The zero-order chi connectivity index (χ0) is 20.5. The van der Waals surface area contributed by atoms with Crippen molar-refractivity contribution in [2.45, 2.75) is 45.3 Å². The normalized spacial score (nSPS) is 15.0. The van der Waals surface area contributed by atoms with Crippen LogP contribution in [0, 0.1) is 0 Å². The first-order valence-electron chi connectivity index (χ1n) is 9.91. The lowest BCUT2D eigenvalue weighted by atomic mass is 10.1. The maximum absolute atomic E-state index is 12.6. The van der Waals surface area contributed by atoms with Gasteiger partial charge in [-0.15, -0.1) is 0 Å². The maximum atomic E-state index is 12.6. The van der Waals surface area contributed by atoms with Gasteiger partial charge in [-0.1, -0.05) is 0 Å². The number of carbonyl (C=O) groups is 2. The molecule has 0 radical (unpaired) electrons. The highest BCUT2D eigenvalue weighted by Gasteiger charge is 2.24. The molecule has 7 nitrogen and oxygen atoms in total. The standard InChI is InChI=1S/C21H32N2O5/c1-16(2)23(13-14-24)21(26)17-4-6-18(7-5-17)28-19-8-11-22(12-9-19)20(25)10-15-27-3/h4-7,16,19,24H,8-15H2,1-3H3. The van der Waals surface area contributed by atoms with E-state index in [-0.39, 0.29) is 30.6 Å². The van der Waals surface area contributed by atoms with Crippen LogP contribution in [0.2, 0.25) is 0 Å². The first-order chi connectivity index (χ1) is 13.5. The largest absolute Gasteiger partial charge is 0.490 e. The van der Waals surface area contributed by atoms with Gasteiger partial charge in [0.05, 0.1) is 19.6 Å². The SMILES string of the molecule is COCCC(=O)N1CCC(Oc2ccc(C(=O)N(CCO)C(C)C)cc2)CC1. The lowest BCUT2D eigenvalue weighted by Gasteiger charge is -2.32. The quantitative estimate of drug-likeness (QED) is 0.695. The van der Waals surface area contributed by atoms with Gasteiger partial charge in [-0.25, -0.2) is 0 Å². The van der Waals surface area contributed by atoms with Crippen molar-refractivity contribution in [1.82, 2.24) is 9.80 Å². The number of aliphatic hydroxyl groups is 1. The average molecular weight is 392 g/mol. The van der Waals surface area contributed by atoms with E-state index in [0.717, 1.165) is 18.6 Å². The van der Waals surface area contributed by atoms with Crippen LogP contribution < -0.4 is 4.74 Å². The molecule has 7 heteroatoms. The fraction of sp³-hybridized carbons (Fsp3) is 0.619. The lowest BCUT2D eigenvalue weighted by Crippen LogP contribution is -2.42. The highest BCUT2D eigenvalue weighted by atomic mass is 16.5. The number of nitrogens with zero attached hydrogens (tertiary/aromatic N) is 2. The number of ether oxygens (including phenoxy) is 2. The minimum atomic E-state index is -0.0986. The molecule has 1 aromatic rings. The van der Waals surface area contributed by atoms with E-state index in [1.54, 1.807) is 36.3 Å². The number of aliphatic hydroxyl groups excluding tert-OH is 1. The van der Waals surface area contributed by atoms with Crippen LogP contribution in [0.4, 0.5) is 0 Å². The Bertz CT molecular complexity index is 624. The van der Waals surface area contributed by atoms with Gasteiger partial charge in [0, 0.05) is 51.2 Å². The third kappa shape index (κ3) is 6.21. The Balaban J connectivity index is 1.86. The summed E-state index contributed by atoms with van der Waals surface area (Å²) in [6.07, 6.45) is 2.06. The molecule has 1 N–H and O–H groups in total. The van der Waals surface area contributed by atoms with E-state index in [9.17, 15) is 9.59 Å². The number of methoxy groups -OCH3 is 1.